The van der Waals surface area contributed by atoms with Gasteiger partial charge >= 0.3 is 0 Å². The first kappa shape index (κ1) is 38.6. The van der Waals surface area contributed by atoms with Gasteiger partial charge in [0.15, 0.2) is 0 Å². The molecule has 0 N–H and O–H groups in total. The Morgan fingerprint density at radius 2 is 1.01 bits per heavy atom. The minimum Gasteiger partial charge on any atom is -0.456 e. The number of hydrogen-bond acceptors (Lipinski definition) is 2. The van der Waals surface area contributed by atoms with Gasteiger partial charge in [-0.25, -0.2) is 0 Å². The van der Waals surface area contributed by atoms with Crippen molar-refractivity contribution < 1.29 is 4.42 Å². The molecule has 1 aliphatic heterocycles. The molecule has 0 bridgehead atoms. The zero-order valence-corrected chi connectivity index (χ0v) is 39.2. The summed E-state index contributed by atoms with van der Waals surface area (Å²) in [6.45, 7) is 5.13. The van der Waals surface area contributed by atoms with Gasteiger partial charge in [0, 0.05) is 32.9 Å². The average Bonchev–Trinajstić information content (AvgIpc) is 3.95. The van der Waals surface area contributed by atoms with Gasteiger partial charge in [-0.1, -0.05) is 189 Å². The van der Waals surface area contributed by atoms with Crippen molar-refractivity contribution in [3.8, 4) is 16.8 Å². The SMILES string of the molecule is C[Si]1(C)c2ccccc2C2(c3ccccc3-c3cccc4cccc2c34)c2ccc(N(c3ccc4c5ccccc5n(-c5cccc6oc7ccccc7c56)c4c3)c3cccc4ccccc34)cc21. The Bertz CT molecular complexity index is 4320. The molecule has 2 aliphatic rings. The van der Waals surface area contributed by atoms with E-state index in [9.17, 15) is 0 Å². The molecule has 1 unspecified atom stereocenters. The summed E-state index contributed by atoms with van der Waals surface area (Å²) >= 11 is 0. The van der Waals surface area contributed by atoms with Gasteiger partial charge in [0.05, 0.1) is 33.2 Å². The van der Waals surface area contributed by atoms with Crippen LogP contribution in [0.25, 0.3) is 82.1 Å². The minimum absolute atomic E-state index is 0.514. The maximum Gasteiger partial charge on any atom is 0.137 e. The lowest BCUT2D eigenvalue weighted by Crippen LogP contribution is -2.63. The topological polar surface area (TPSA) is 21.3 Å². The van der Waals surface area contributed by atoms with Gasteiger partial charge in [-0.3, -0.25) is 0 Å². The van der Waals surface area contributed by atoms with E-state index >= 15 is 0 Å². The molecule has 0 fully saturated rings. The molecule has 0 saturated heterocycles. The number of nitrogens with zero attached hydrogens (tertiary/aromatic N) is 2. The molecule has 3 nitrogen and oxygen atoms in total. The van der Waals surface area contributed by atoms with E-state index in [1.807, 2.05) is 0 Å². The van der Waals surface area contributed by atoms with Crippen LogP contribution < -0.4 is 15.3 Å². The number of aromatic nitrogens is 1. The van der Waals surface area contributed by atoms with Crippen molar-refractivity contribution in [1.29, 1.82) is 0 Å². The third-order valence-electron chi connectivity index (χ3n) is 15.8. The Morgan fingerprint density at radius 3 is 1.93 bits per heavy atom. The predicted octanol–water partition coefficient (Wildman–Crippen LogP) is 16.0. The summed E-state index contributed by atoms with van der Waals surface area (Å²) in [5, 5.41) is 12.7. The minimum atomic E-state index is -2.37. The fourth-order valence-electron chi connectivity index (χ4n) is 12.9. The van der Waals surface area contributed by atoms with Gasteiger partial charge in [0.25, 0.3) is 0 Å². The fraction of sp³-hybridized carbons (Fsp3) is 0.0462. The molecule has 3 heterocycles. The molecular weight excluding hydrogens is 853 g/mol. The number of anilines is 3. The second-order valence-corrected chi connectivity index (χ2v) is 23.9. The third kappa shape index (κ3) is 5.11. The number of rotatable bonds is 4. The molecule has 1 aliphatic carbocycles. The molecule has 324 valence electrons. The molecule has 15 rings (SSSR count). The summed E-state index contributed by atoms with van der Waals surface area (Å²) in [6, 6.07) is 86.3. The van der Waals surface area contributed by atoms with Crippen LogP contribution in [0.3, 0.4) is 0 Å². The second-order valence-electron chi connectivity index (χ2n) is 19.5. The van der Waals surface area contributed by atoms with Crippen LogP contribution in [0.1, 0.15) is 22.3 Å². The smallest absolute Gasteiger partial charge is 0.137 e. The molecule has 4 heteroatoms. The van der Waals surface area contributed by atoms with E-state index in [2.05, 4.69) is 253 Å². The fourth-order valence-corrected chi connectivity index (χ4v) is 16.1. The van der Waals surface area contributed by atoms with Gasteiger partial charge in [0.1, 0.15) is 19.2 Å². The van der Waals surface area contributed by atoms with E-state index in [1.54, 1.807) is 0 Å². The van der Waals surface area contributed by atoms with E-state index in [4.69, 9.17) is 4.42 Å². The number of fused-ring (bicyclic) bond motifs is 15. The van der Waals surface area contributed by atoms with Gasteiger partial charge in [-0.2, -0.15) is 0 Å². The van der Waals surface area contributed by atoms with Gasteiger partial charge in [-0.05, 0) is 115 Å². The molecule has 0 saturated carbocycles. The highest BCUT2D eigenvalue weighted by Crippen LogP contribution is 2.57. The van der Waals surface area contributed by atoms with Crippen LogP contribution in [0.4, 0.5) is 17.1 Å². The van der Waals surface area contributed by atoms with Crippen molar-refractivity contribution in [2.75, 3.05) is 4.90 Å². The summed E-state index contributed by atoms with van der Waals surface area (Å²) in [6.07, 6.45) is 0. The van der Waals surface area contributed by atoms with Crippen LogP contribution >= 0.6 is 0 Å². The van der Waals surface area contributed by atoms with Crippen LogP contribution in [-0.4, -0.2) is 12.6 Å². The van der Waals surface area contributed by atoms with Crippen LogP contribution in [-0.2, 0) is 5.41 Å². The zero-order chi connectivity index (χ0) is 45.6. The largest absolute Gasteiger partial charge is 0.456 e. The lowest BCUT2D eigenvalue weighted by molar-refractivity contribution is 0.669. The highest BCUT2D eigenvalue weighted by molar-refractivity contribution is 7.01. The first-order valence-electron chi connectivity index (χ1n) is 24.1. The van der Waals surface area contributed by atoms with Crippen molar-refractivity contribution in [3.63, 3.8) is 0 Å². The molecule has 13 aromatic rings. The summed E-state index contributed by atoms with van der Waals surface area (Å²) in [5.41, 5.74) is 16.2. The standard InChI is InChI=1S/C65H44N2OSi/c1-69(2)61-34-12-9-27-52(61)65(51-26-8-5-22-46(51)49-25-13-19-42-20-14-28-54(65)63(42)49)53-38-36-44(40-62(53)69)66(55-30-15-18-41-17-3-4-21-45(41)55)43-35-37-48-47-23-6-10-29-56(47)67(58(48)39-43)57-31-16-33-60-64(57)50-24-7-11-32-59(50)68-60/h3-40H,1-2H3. The lowest BCUT2D eigenvalue weighted by Gasteiger charge is -2.50. The second kappa shape index (κ2) is 14.1. The first-order chi connectivity index (χ1) is 34.0. The number of para-hydroxylation sites is 2. The van der Waals surface area contributed by atoms with E-state index in [0.29, 0.717) is 0 Å². The van der Waals surface area contributed by atoms with Crippen LogP contribution in [0.5, 0.6) is 0 Å². The molecule has 1 spiro atoms. The van der Waals surface area contributed by atoms with E-state index in [1.165, 1.54) is 76.1 Å². The molecule has 69 heavy (non-hydrogen) atoms. The highest BCUT2D eigenvalue weighted by Gasteiger charge is 2.52. The summed E-state index contributed by atoms with van der Waals surface area (Å²) < 4.78 is 8.95. The van der Waals surface area contributed by atoms with Crippen molar-refractivity contribution in [1.82, 2.24) is 4.57 Å². The monoisotopic (exact) mass is 896 g/mol. The van der Waals surface area contributed by atoms with Crippen LogP contribution in [0, 0.1) is 0 Å². The Kier molecular flexibility index (Phi) is 7.87. The van der Waals surface area contributed by atoms with Gasteiger partial charge in [0.2, 0.25) is 0 Å². The summed E-state index contributed by atoms with van der Waals surface area (Å²) in [7, 11) is -2.37. The molecule has 0 radical (unpaired) electrons. The van der Waals surface area contributed by atoms with Crippen LogP contribution in [0.15, 0.2) is 235 Å². The summed E-state index contributed by atoms with van der Waals surface area (Å²) in [5.74, 6) is 0. The highest BCUT2D eigenvalue weighted by atomic mass is 28.3. The summed E-state index contributed by atoms with van der Waals surface area (Å²) in [4.78, 5) is 2.53. The Balaban J connectivity index is 1.03. The number of benzene rings is 11. The van der Waals surface area contributed by atoms with Crippen molar-refractivity contribution in [2.24, 2.45) is 0 Å². The zero-order valence-electron chi connectivity index (χ0n) is 38.2. The van der Waals surface area contributed by atoms with E-state index in [-0.39, 0.29) is 0 Å². The number of furan rings is 1. The van der Waals surface area contributed by atoms with Crippen molar-refractivity contribution in [3.05, 3.63) is 253 Å². The molecule has 0 amide bonds. The van der Waals surface area contributed by atoms with Gasteiger partial charge in [-0.15, -0.1) is 0 Å². The molecule has 11 aromatic carbocycles. The Morgan fingerprint density at radius 1 is 0.406 bits per heavy atom. The molecular formula is C65H44N2OSi. The van der Waals surface area contributed by atoms with E-state index in [0.717, 1.165) is 55.7 Å². The molecule has 2 aromatic heterocycles. The maximum atomic E-state index is 6.49. The van der Waals surface area contributed by atoms with Crippen molar-refractivity contribution >= 4 is 101 Å². The number of hydrogen-bond donors (Lipinski definition) is 0. The average molecular weight is 897 g/mol. The Labute approximate surface area is 400 Å². The maximum absolute atomic E-state index is 6.49. The van der Waals surface area contributed by atoms with Gasteiger partial charge < -0.3 is 13.9 Å². The lowest BCUT2D eigenvalue weighted by atomic mass is 9.59. The van der Waals surface area contributed by atoms with Crippen LogP contribution in [0.2, 0.25) is 13.1 Å². The predicted molar refractivity (Wildman–Crippen MR) is 292 cm³/mol. The Hall–Kier alpha value is -8.44. The van der Waals surface area contributed by atoms with E-state index < -0.39 is 13.5 Å². The molecule has 1 atom stereocenters. The normalized spacial score (nSPS) is 15.6. The first-order valence-corrected chi connectivity index (χ1v) is 27.1. The third-order valence-corrected chi connectivity index (χ3v) is 19.4. The quantitative estimate of drug-likeness (QED) is 0.164. The van der Waals surface area contributed by atoms with Crippen molar-refractivity contribution in [2.45, 2.75) is 18.5 Å².